The van der Waals surface area contributed by atoms with Crippen molar-refractivity contribution in [3.63, 3.8) is 0 Å². The Hall–Kier alpha value is -1.69. The first kappa shape index (κ1) is 14.3. The second-order valence-electron chi connectivity index (χ2n) is 5.94. The number of rotatable bonds is 3. The van der Waals surface area contributed by atoms with Crippen LogP contribution in [-0.4, -0.2) is 26.1 Å². The van der Waals surface area contributed by atoms with Crippen LogP contribution in [0.25, 0.3) is 10.6 Å². The number of hydrogen-bond acceptors (Lipinski definition) is 4. The molecule has 6 heteroatoms. The fourth-order valence-electron chi connectivity index (χ4n) is 3.08. The fraction of sp³-hybridized carbons (Fsp3) is 0.533. The zero-order chi connectivity index (χ0) is 15.0. The Morgan fingerprint density at radius 3 is 2.81 bits per heavy atom. The van der Waals surface area contributed by atoms with Gasteiger partial charge in [-0.25, -0.2) is 9.48 Å². The van der Waals surface area contributed by atoms with Crippen molar-refractivity contribution in [2.45, 2.75) is 39.2 Å². The van der Waals surface area contributed by atoms with E-state index >= 15 is 0 Å². The highest BCUT2D eigenvalue weighted by molar-refractivity contribution is 7.13. The number of thiophene rings is 1. The summed E-state index contributed by atoms with van der Waals surface area (Å²) in [6.45, 7) is 4.54. The molecule has 21 heavy (non-hydrogen) atoms. The van der Waals surface area contributed by atoms with Crippen molar-refractivity contribution in [3.05, 3.63) is 23.2 Å². The zero-order valence-corrected chi connectivity index (χ0v) is 13.0. The third kappa shape index (κ3) is 2.60. The Kier molecular flexibility index (Phi) is 3.80. The molecule has 2 heterocycles. The zero-order valence-electron chi connectivity index (χ0n) is 12.2. The summed E-state index contributed by atoms with van der Waals surface area (Å²) < 4.78 is 1.84. The number of hydrogen-bond donors (Lipinski definition) is 1. The highest BCUT2D eigenvalue weighted by Crippen LogP contribution is 2.39. The molecule has 0 radical (unpaired) electrons. The van der Waals surface area contributed by atoms with Crippen molar-refractivity contribution >= 4 is 17.3 Å². The van der Waals surface area contributed by atoms with E-state index in [9.17, 15) is 9.90 Å². The van der Waals surface area contributed by atoms with Crippen LogP contribution in [-0.2, 0) is 0 Å². The molecule has 0 amide bonds. The molecule has 2 aromatic rings. The molecule has 1 aliphatic rings. The van der Waals surface area contributed by atoms with Gasteiger partial charge in [-0.15, -0.1) is 16.4 Å². The summed E-state index contributed by atoms with van der Waals surface area (Å²) in [5.74, 6) is 0.327. The summed E-state index contributed by atoms with van der Waals surface area (Å²) in [5.41, 5.74) is 0.716. The minimum atomic E-state index is -1.01. The van der Waals surface area contributed by atoms with Crippen molar-refractivity contribution < 1.29 is 9.90 Å². The number of aromatic carboxylic acids is 1. The molecule has 0 spiro atoms. The number of nitrogens with zero attached hydrogens (tertiary/aromatic N) is 3. The van der Waals surface area contributed by atoms with Gasteiger partial charge in [0.1, 0.15) is 5.69 Å². The van der Waals surface area contributed by atoms with Crippen LogP contribution in [0.4, 0.5) is 0 Å². The van der Waals surface area contributed by atoms with Gasteiger partial charge in [-0.3, -0.25) is 0 Å². The van der Waals surface area contributed by atoms with E-state index in [-0.39, 0.29) is 11.7 Å². The lowest BCUT2D eigenvalue weighted by molar-refractivity contribution is 0.0691. The van der Waals surface area contributed by atoms with E-state index in [0.717, 1.165) is 24.1 Å². The van der Waals surface area contributed by atoms with E-state index in [1.54, 1.807) is 0 Å². The summed E-state index contributed by atoms with van der Waals surface area (Å²) in [5, 5.41) is 19.4. The Labute approximate surface area is 127 Å². The van der Waals surface area contributed by atoms with Crippen LogP contribution in [0.5, 0.6) is 0 Å². The smallest absolute Gasteiger partial charge is 0.358 e. The molecule has 3 atom stereocenters. The van der Waals surface area contributed by atoms with Gasteiger partial charge >= 0.3 is 5.97 Å². The number of carboxylic acids is 1. The van der Waals surface area contributed by atoms with Gasteiger partial charge in [-0.1, -0.05) is 25.1 Å². The lowest BCUT2D eigenvalue weighted by Crippen LogP contribution is -2.24. The van der Waals surface area contributed by atoms with Crippen LogP contribution >= 0.6 is 11.3 Å². The third-order valence-electron chi connectivity index (χ3n) is 4.57. The van der Waals surface area contributed by atoms with Gasteiger partial charge in [-0.2, -0.15) is 0 Å². The first-order chi connectivity index (χ1) is 10.1. The summed E-state index contributed by atoms with van der Waals surface area (Å²) in [6, 6.07) is 4.10. The third-order valence-corrected chi connectivity index (χ3v) is 5.44. The Balaban J connectivity index is 2.01. The monoisotopic (exact) mass is 305 g/mol. The summed E-state index contributed by atoms with van der Waals surface area (Å²) in [4.78, 5) is 12.3. The highest BCUT2D eigenvalue weighted by Gasteiger charge is 2.30. The molecular weight excluding hydrogens is 286 g/mol. The maximum atomic E-state index is 11.4. The molecule has 0 aliphatic heterocycles. The molecule has 0 aromatic carbocycles. The number of aromatic nitrogens is 3. The Morgan fingerprint density at radius 2 is 2.19 bits per heavy atom. The standard InChI is InChI=1S/C15H19N3O2S/c1-9-5-6-11(8-10(9)2)18-14(12-4-3-7-21-12)13(15(19)20)16-17-18/h3-4,7,9-11H,5-6,8H2,1-2H3,(H,19,20). The Morgan fingerprint density at radius 1 is 1.38 bits per heavy atom. The largest absolute Gasteiger partial charge is 0.476 e. The second-order valence-corrected chi connectivity index (χ2v) is 6.88. The van der Waals surface area contributed by atoms with Crippen LogP contribution in [0.1, 0.15) is 49.6 Å². The summed E-state index contributed by atoms with van der Waals surface area (Å²) in [6.07, 6.45) is 3.21. The van der Waals surface area contributed by atoms with E-state index in [1.807, 2.05) is 22.2 Å². The van der Waals surface area contributed by atoms with Crippen LogP contribution in [0.2, 0.25) is 0 Å². The Bertz CT molecular complexity index is 635. The lowest BCUT2D eigenvalue weighted by Gasteiger charge is -2.32. The summed E-state index contributed by atoms with van der Waals surface area (Å²) >= 11 is 1.53. The maximum Gasteiger partial charge on any atom is 0.358 e. The molecule has 3 unspecified atom stereocenters. The second kappa shape index (κ2) is 5.60. The molecule has 1 fully saturated rings. The molecule has 1 saturated carbocycles. The molecule has 112 valence electrons. The van der Waals surface area contributed by atoms with Crippen LogP contribution in [0.3, 0.4) is 0 Å². The fourth-order valence-corrected chi connectivity index (χ4v) is 3.84. The average Bonchev–Trinajstić information content (AvgIpc) is 3.09. The van der Waals surface area contributed by atoms with E-state index in [4.69, 9.17) is 0 Å². The topological polar surface area (TPSA) is 68.0 Å². The van der Waals surface area contributed by atoms with E-state index in [0.29, 0.717) is 17.5 Å². The van der Waals surface area contributed by atoms with E-state index in [1.165, 1.54) is 11.3 Å². The van der Waals surface area contributed by atoms with Crippen molar-refractivity contribution in [1.82, 2.24) is 15.0 Å². The molecule has 2 aromatic heterocycles. The van der Waals surface area contributed by atoms with Crippen molar-refractivity contribution in [2.75, 3.05) is 0 Å². The average molecular weight is 305 g/mol. The number of carboxylic acid groups (broad SMARTS) is 1. The summed E-state index contributed by atoms with van der Waals surface area (Å²) in [7, 11) is 0. The van der Waals surface area contributed by atoms with Crippen molar-refractivity contribution in [2.24, 2.45) is 11.8 Å². The predicted octanol–water partition coefficient (Wildman–Crippen LogP) is 3.70. The van der Waals surface area contributed by atoms with E-state index < -0.39 is 5.97 Å². The first-order valence-corrected chi connectivity index (χ1v) is 8.18. The van der Waals surface area contributed by atoms with Gasteiger partial charge in [0, 0.05) is 0 Å². The maximum absolute atomic E-state index is 11.4. The molecular formula is C15H19N3O2S. The van der Waals surface area contributed by atoms with Gasteiger partial charge in [0.2, 0.25) is 0 Å². The van der Waals surface area contributed by atoms with Crippen LogP contribution in [0, 0.1) is 11.8 Å². The normalized spacial score (nSPS) is 25.9. The minimum Gasteiger partial charge on any atom is -0.476 e. The quantitative estimate of drug-likeness (QED) is 0.938. The molecule has 1 aliphatic carbocycles. The number of carbonyl (C=O) groups is 1. The van der Waals surface area contributed by atoms with Gasteiger partial charge in [0.15, 0.2) is 5.69 Å². The van der Waals surface area contributed by atoms with Gasteiger partial charge < -0.3 is 5.11 Å². The SMILES string of the molecule is CC1CCC(n2nnc(C(=O)O)c2-c2cccs2)CC1C. The molecule has 1 N–H and O–H groups in total. The van der Waals surface area contributed by atoms with Gasteiger partial charge in [0.25, 0.3) is 0 Å². The van der Waals surface area contributed by atoms with Crippen LogP contribution < -0.4 is 0 Å². The highest BCUT2D eigenvalue weighted by atomic mass is 32.1. The first-order valence-electron chi connectivity index (χ1n) is 7.30. The molecule has 0 saturated heterocycles. The van der Waals surface area contributed by atoms with E-state index in [2.05, 4.69) is 24.2 Å². The lowest BCUT2D eigenvalue weighted by atomic mass is 9.79. The van der Waals surface area contributed by atoms with Crippen molar-refractivity contribution in [1.29, 1.82) is 0 Å². The molecule has 5 nitrogen and oxygen atoms in total. The van der Waals surface area contributed by atoms with Crippen LogP contribution in [0.15, 0.2) is 17.5 Å². The van der Waals surface area contributed by atoms with Gasteiger partial charge in [-0.05, 0) is 42.5 Å². The van der Waals surface area contributed by atoms with Gasteiger partial charge in [0.05, 0.1) is 10.9 Å². The minimum absolute atomic E-state index is 0.0590. The van der Waals surface area contributed by atoms with Crippen molar-refractivity contribution in [3.8, 4) is 10.6 Å². The molecule has 0 bridgehead atoms. The molecule has 3 rings (SSSR count). The predicted molar refractivity (Wildman–Crippen MR) is 81.5 cm³/mol.